The minimum atomic E-state index is -0.563. The van der Waals surface area contributed by atoms with Gasteiger partial charge >= 0.3 is 11.9 Å². The number of hydrogen-bond acceptors (Lipinski definition) is 8. The first-order chi connectivity index (χ1) is 18.8. The lowest BCUT2D eigenvalue weighted by molar-refractivity contribution is -0.120. The van der Waals surface area contributed by atoms with Gasteiger partial charge in [-0.1, -0.05) is 30.3 Å². The van der Waals surface area contributed by atoms with Crippen molar-refractivity contribution in [1.82, 2.24) is 0 Å². The Labute approximate surface area is 234 Å². The quantitative estimate of drug-likeness (QED) is 0.234. The van der Waals surface area contributed by atoms with Crippen molar-refractivity contribution in [2.75, 3.05) is 23.4 Å². The molecular formula is C29H25ClN2O6S. The first-order valence-electron chi connectivity index (χ1n) is 12.2. The van der Waals surface area contributed by atoms with Crippen LogP contribution < -0.4 is 10.2 Å². The molecule has 0 unspecified atom stereocenters. The minimum Gasteiger partial charge on any atom is -0.462 e. The SMILES string of the molecule is CCCOC(=O)c1ccc(N2C(=O)C(Nc3ccc(C(=O)OCC)cc3)=C(Sc3ccc(Cl)cc3)C2=O)cc1. The maximum absolute atomic E-state index is 13.6. The lowest BCUT2D eigenvalue weighted by atomic mass is 10.2. The van der Waals surface area contributed by atoms with Gasteiger partial charge in [0.25, 0.3) is 11.8 Å². The molecule has 200 valence electrons. The minimum absolute atomic E-state index is 0.0790. The van der Waals surface area contributed by atoms with Gasteiger partial charge in [-0.15, -0.1) is 0 Å². The van der Waals surface area contributed by atoms with Crippen molar-refractivity contribution in [1.29, 1.82) is 0 Å². The standard InChI is InChI=1S/C29H25ClN2O6S/c1-3-17-38-29(36)19-7-13-22(14-8-19)32-26(33)24(25(27(32)34)39-23-15-9-20(30)10-16-23)31-21-11-5-18(6-12-21)28(35)37-4-2/h5-16,31H,3-4,17H2,1-2H3. The number of halogens is 1. The number of rotatable bonds is 10. The second-order valence-corrected chi connectivity index (χ2v) is 9.83. The highest BCUT2D eigenvalue weighted by molar-refractivity contribution is 8.04. The van der Waals surface area contributed by atoms with Crippen molar-refractivity contribution >= 4 is 58.5 Å². The third-order valence-electron chi connectivity index (χ3n) is 5.54. The van der Waals surface area contributed by atoms with Crippen LogP contribution in [-0.2, 0) is 19.1 Å². The molecule has 1 aliphatic heterocycles. The number of benzene rings is 3. The molecule has 10 heteroatoms. The Balaban J connectivity index is 1.63. The number of amides is 2. The summed E-state index contributed by atoms with van der Waals surface area (Å²) in [7, 11) is 0. The zero-order chi connectivity index (χ0) is 27.9. The molecule has 0 saturated heterocycles. The molecule has 0 atom stereocenters. The number of carbonyl (C=O) groups excluding carboxylic acids is 4. The van der Waals surface area contributed by atoms with Gasteiger partial charge in [-0.05, 0) is 86.1 Å². The molecule has 3 aromatic rings. The van der Waals surface area contributed by atoms with Gasteiger partial charge < -0.3 is 14.8 Å². The van der Waals surface area contributed by atoms with Crippen LogP contribution in [0.1, 0.15) is 41.0 Å². The van der Waals surface area contributed by atoms with Crippen LogP contribution in [0.4, 0.5) is 11.4 Å². The highest BCUT2D eigenvalue weighted by Crippen LogP contribution is 2.38. The fourth-order valence-corrected chi connectivity index (χ4v) is 4.70. The topological polar surface area (TPSA) is 102 Å². The molecule has 2 amide bonds. The van der Waals surface area contributed by atoms with Crippen LogP contribution in [0.5, 0.6) is 0 Å². The molecule has 0 spiro atoms. The Hall–Kier alpha value is -4.08. The lowest BCUT2D eigenvalue weighted by Gasteiger charge is -2.16. The van der Waals surface area contributed by atoms with E-state index in [4.69, 9.17) is 21.1 Å². The molecule has 3 aromatic carbocycles. The Kier molecular flexibility index (Phi) is 9.06. The van der Waals surface area contributed by atoms with E-state index in [2.05, 4.69) is 5.32 Å². The second kappa shape index (κ2) is 12.6. The van der Waals surface area contributed by atoms with Crippen LogP contribution in [0.2, 0.25) is 5.02 Å². The fourth-order valence-electron chi connectivity index (χ4n) is 3.64. The van der Waals surface area contributed by atoms with Gasteiger partial charge in [0.1, 0.15) is 10.6 Å². The molecular weight excluding hydrogens is 540 g/mol. The van der Waals surface area contributed by atoms with Crippen molar-refractivity contribution in [3.8, 4) is 0 Å². The van der Waals surface area contributed by atoms with Crippen LogP contribution >= 0.6 is 23.4 Å². The van der Waals surface area contributed by atoms with E-state index >= 15 is 0 Å². The van der Waals surface area contributed by atoms with E-state index in [-0.39, 0.29) is 17.2 Å². The Morgan fingerprint density at radius 1 is 0.821 bits per heavy atom. The highest BCUT2D eigenvalue weighted by Gasteiger charge is 2.40. The maximum atomic E-state index is 13.6. The fraction of sp³-hybridized carbons (Fsp3) is 0.172. The van der Waals surface area contributed by atoms with Crippen molar-refractivity contribution in [3.63, 3.8) is 0 Å². The molecule has 1 heterocycles. The summed E-state index contributed by atoms with van der Waals surface area (Å²) in [5, 5.41) is 3.59. The first-order valence-corrected chi connectivity index (χ1v) is 13.4. The molecule has 8 nitrogen and oxygen atoms in total. The van der Waals surface area contributed by atoms with Gasteiger partial charge in [-0.25, -0.2) is 14.5 Å². The van der Waals surface area contributed by atoms with Gasteiger partial charge in [0.15, 0.2) is 0 Å². The molecule has 0 bridgehead atoms. The second-order valence-electron chi connectivity index (χ2n) is 8.31. The van der Waals surface area contributed by atoms with E-state index < -0.39 is 23.8 Å². The summed E-state index contributed by atoms with van der Waals surface area (Å²) in [5.41, 5.74) is 1.57. The van der Waals surface area contributed by atoms with E-state index in [0.29, 0.717) is 45.4 Å². The van der Waals surface area contributed by atoms with Gasteiger partial charge in [-0.3, -0.25) is 9.59 Å². The lowest BCUT2D eigenvalue weighted by Crippen LogP contribution is -2.32. The zero-order valence-corrected chi connectivity index (χ0v) is 22.8. The molecule has 0 fully saturated rings. The predicted octanol–water partition coefficient (Wildman–Crippen LogP) is 6.07. The summed E-state index contributed by atoms with van der Waals surface area (Å²) in [6.07, 6.45) is 0.696. The highest BCUT2D eigenvalue weighted by atomic mass is 35.5. The van der Waals surface area contributed by atoms with Crippen LogP contribution in [0.25, 0.3) is 0 Å². The number of imide groups is 1. The van der Waals surface area contributed by atoms with Crippen LogP contribution in [0.15, 0.2) is 88.3 Å². The number of nitrogens with one attached hydrogen (secondary N) is 1. The normalized spacial score (nSPS) is 13.1. The summed E-state index contributed by atoms with van der Waals surface area (Å²) in [6, 6.07) is 19.4. The average molecular weight is 565 g/mol. The summed E-state index contributed by atoms with van der Waals surface area (Å²) in [6.45, 7) is 4.17. The number of ether oxygens (including phenoxy) is 2. The van der Waals surface area contributed by atoms with Gasteiger partial charge in [0, 0.05) is 15.6 Å². The average Bonchev–Trinajstić information content (AvgIpc) is 3.17. The summed E-state index contributed by atoms with van der Waals surface area (Å²) in [5.74, 6) is -2.02. The van der Waals surface area contributed by atoms with E-state index in [0.717, 1.165) is 16.7 Å². The zero-order valence-electron chi connectivity index (χ0n) is 21.2. The van der Waals surface area contributed by atoms with Crippen LogP contribution in [0.3, 0.4) is 0 Å². The number of hydrogen-bond donors (Lipinski definition) is 1. The first kappa shape index (κ1) is 27.9. The van der Waals surface area contributed by atoms with E-state index in [9.17, 15) is 19.2 Å². The van der Waals surface area contributed by atoms with Crippen molar-refractivity contribution in [2.24, 2.45) is 0 Å². The molecule has 0 aromatic heterocycles. The maximum Gasteiger partial charge on any atom is 0.338 e. The van der Waals surface area contributed by atoms with Gasteiger partial charge in [-0.2, -0.15) is 0 Å². The number of thioether (sulfide) groups is 1. The van der Waals surface area contributed by atoms with Crippen molar-refractivity contribution < 1.29 is 28.7 Å². The van der Waals surface area contributed by atoms with Crippen molar-refractivity contribution in [3.05, 3.63) is 99.5 Å². The summed E-state index contributed by atoms with van der Waals surface area (Å²) in [4.78, 5) is 53.3. The number of carbonyl (C=O) groups is 4. The third-order valence-corrected chi connectivity index (χ3v) is 6.88. The van der Waals surface area contributed by atoms with E-state index in [1.54, 1.807) is 55.5 Å². The molecule has 39 heavy (non-hydrogen) atoms. The molecule has 4 rings (SSSR count). The molecule has 1 aliphatic rings. The molecule has 0 radical (unpaired) electrons. The van der Waals surface area contributed by atoms with E-state index in [1.807, 2.05) is 6.92 Å². The monoisotopic (exact) mass is 564 g/mol. The van der Waals surface area contributed by atoms with Gasteiger partial charge in [0.05, 0.1) is 30.0 Å². The largest absolute Gasteiger partial charge is 0.462 e. The summed E-state index contributed by atoms with van der Waals surface area (Å²) < 4.78 is 10.2. The van der Waals surface area contributed by atoms with Crippen LogP contribution in [0, 0.1) is 0 Å². The predicted molar refractivity (Wildman–Crippen MR) is 150 cm³/mol. The molecule has 0 saturated carbocycles. The van der Waals surface area contributed by atoms with Gasteiger partial charge in [0.2, 0.25) is 0 Å². The van der Waals surface area contributed by atoms with E-state index in [1.165, 1.54) is 24.3 Å². The number of esters is 2. The van der Waals surface area contributed by atoms with Crippen molar-refractivity contribution in [2.45, 2.75) is 25.2 Å². The smallest absolute Gasteiger partial charge is 0.338 e. The Morgan fingerprint density at radius 3 is 2.00 bits per heavy atom. The molecule has 0 aliphatic carbocycles. The Bertz CT molecular complexity index is 1420. The number of anilines is 2. The van der Waals surface area contributed by atoms with Crippen LogP contribution in [-0.4, -0.2) is 37.0 Å². The molecule has 1 N–H and O–H groups in total. The summed E-state index contributed by atoms with van der Waals surface area (Å²) >= 11 is 7.14. The third kappa shape index (κ3) is 6.50. The number of nitrogens with zero attached hydrogens (tertiary/aromatic N) is 1. The Morgan fingerprint density at radius 2 is 1.41 bits per heavy atom.